The number of nitrogens with zero attached hydrogens (tertiary/aromatic N) is 2. The second-order valence-corrected chi connectivity index (χ2v) is 3.91. The Labute approximate surface area is 115 Å². The fraction of sp³-hybridized carbons (Fsp3) is 0. The molecule has 0 unspecified atom stereocenters. The molecular formula is C11H8FN5O4. The van der Waals surface area contributed by atoms with E-state index >= 15 is 0 Å². The maximum absolute atomic E-state index is 13.2. The van der Waals surface area contributed by atoms with Gasteiger partial charge in [0, 0.05) is 6.07 Å². The minimum absolute atomic E-state index is 0.0307. The average Bonchev–Trinajstić information content (AvgIpc) is 2.43. The largest absolute Gasteiger partial charge is 0.396 e. The first-order valence-electron chi connectivity index (χ1n) is 5.49. The normalized spacial score (nSPS) is 10.1. The fourth-order valence-corrected chi connectivity index (χ4v) is 1.51. The standard InChI is InChI=1S/C11H8FN5O4/c12-6-4-8(17(20)21)5(3-7(6)13)11(19)14-9-1-2-10(18)16-15-9/h1-4H,13H2,(H,16,18)(H,14,15,19). The molecule has 0 fully saturated rings. The molecule has 0 bridgehead atoms. The Hall–Kier alpha value is -3.30. The lowest BCUT2D eigenvalue weighted by Crippen LogP contribution is -2.17. The fourth-order valence-electron chi connectivity index (χ4n) is 1.51. The van der Waals surface area contributed by atoms with E-state index in [1.54, 1.807) is 0 Å². The molecule has 0 spiro atoms. The number of nitrogen functional groups attached to an aromatic ring is 1. The number of nitrogens with one attached hydrogen (secondary N) is 2. The molecule has 10 heteroatoms. The van der Waals surface area contributed by atoms with Crippen LogP contribution in [-0.2, 0) is 0 Å². The highest BCUT2D eigenvalue weighted by Crippen LogP contribution is 2.25. The molecule has 2 aromatic rings. The van der Waals surface area contributed by atoms with E-state index in [0.29, 0.717) is 6.07 Å². The Morgan fingerprint density at radius 3 is 2.71 bits per heavy atom. The van der Waals surface area contributed by atoms with Gasteiger partial charge in [0.1, 0.15) is 5.56 Å². The summed E-state index contributed by atoms with van der Waals surface area (Å²) >= 11 is 0. The zero-order valence-electron chi connectivity index (χ0n) is 10.3. The molecule has 9 nitrogen and oxygen atoms in total. The Morgan fingerprint density at radius 1 is 1.43 bits per heavy atom. The molecule has 0 aliphatic carbocycles. The Bertz CT molecular complexity index is 768. The van der Waals surface area contributed by atoms with Crippen LogP contribution >= 0.6 is 0 Å². The third-order valence-electron chi connectivity index (χ3n) is 2.48. The lowest BCUT2D eigenvalue weighted by atomic mass is 10.1. The van der Waals surface area contributed by atoms with Crippen molar-refractivity contribution in [3.05, 3.63) is 56.1 Å². The molecule has 0 aliphatic rings. The van der Waals surface area contributed by atoms with Gasteiger partial charge in [-0.2, -0.15) is 5.10 Å². The van der Waals surface area contributed by atoms with Gasteiger partial charge >= 0.3 is 0 Å². The number of nitrogens with two attached hydrogens (primary N) is 1. The van der Waals surface area contributed by atoms with E-state index in [0.717, 1.165) is 12.1 Å². The van der Waals surface area contributed by atoms with Crippen LogP contribution in [0.1, 0.15) is 10.4 Å². The lowest BCUT2D eigenvalue weighted by molar-refractivity contribution is -0.385. The molecule has 1 aromatic carbocycles. The first kappa shape index (κ1) is 14.1. The Morgan fingerprint density at radius 2 is 2.14 bits per heavy atom. The van der Waals surface area contributed by atoms with Crippen molar-refractivity contribution in [3.63, 3.8) is 0 Å². The topological polar surface area (TPSA) is 144 Å². The van der Waals surface area contributed by atoms with E-state index < -0.39 is 39.1 Å². The monoisotopic (exact) mass is 293 g/mol. The van der Waals surface area contributed by atoms with Crippen LogP contribution in [0.5, 0.6) is 0 Å². The number of aromatic amines is 1. The van der Waals surface area contributed by atoms with Crippen LogP contribution in [0.2, 0.25) is 0 Å². The number of nitro groups is 1. The van der Waals surface area contributed by atoms with Gasteiger partial charge in [-0.3, -0.25) is 19.7 Å². The van der Waals surface area contributed by atoms with Crippen LogP contribution in [-0.4, -0.2) is 21.0 Å². The predicted molar refractivity (Wildman–Crippen MR) is 70.3 cm³/mol. The number of carbonyl (C=O) groups is 1. The smallest absolute Gasteiger partial charge is 0.285 e. The highest BCUT2D eigenvalue weighted by atomic mass is 19.1. The zero-order chi connectivity index (χ0) is 15.6. The number of benzene rings is 1. The van der Waals surface area contributed by atoms with Crippen LogP contribution < -0.4 is 16.6 Å². The summed E-state index contributed by atoms with van der Waals surface area (Å²) in [6, 6.07) is 3.73. The van der Waals surface area contributed by atoms with Crippen molar-refractivity contribution in [2.75, 3.05) is 11.1 Å². The van der Waals surface area contributed by atoms with Crippen LogP contribution in [0.15, 0.2) is 29.1 Å². The molecule has 1 amide bonds. The number of hydrogen-bond acceptors (Lipinski definition) is 6. The molecule has 0 saturated heterocycles. The van der Waals surface area contributed by atoms with Crippen LogP contribution in [0.4, 0.5) is 21.6 Å². The van der Waals surface area contributed by atoms with Gasteiger partial charge in [-0.15, -0.1) is 0 Å². The second kappa shape index (κ2) is 5.36. The number of carbonyl (C=O) groups excluding carboxylic acids is 1. The third kappa shape index (κ3) is 3.00. The maximum atomic E-state index is 13.2. The summed E-state index contributed by atoms with van der Waals surface area (Å²) in [7, 11) is 0. The van der Waals surface area contributed by atoms with Crippen molar-refractivity contribution >= 4 is 23.1 Å². The van der Waals surface area contributed by atoms with Crippen LogP contribution in [0.25, 0.3) is 0 Å². The van der Waals surface area contributed by atoms with Gasteiger partial charge in [0.2, 0.25) is 0 Å². The molecule has 0 aliphatic heterocycles. The van der Waals surface area contributed by atoms with Gasteiger partial charge < -0.3 is 11.1 Å². The molecule has 4 N–H and O–H groups in total. The van der Waals surface area contributed by atoms with Crippen molar-refractivity contribution in [3.8, 4) is 0 Å². The number of H-pyrrole nitrogens is 1. The zero-order valence-corrected chi connectivity index (χ0v) is 10.3. The molecule has 2 rings (SSSR count). The van der Waals surface area contributed by atoms with E-state index in [-0.39, 0.29) is 5.82 Å². The summed E-state index contributed by atoms with van der Waals surface area (Å²) in [4.78, 5) is 32.7. The number of amides is 1. The van der Waals surface area contributed by atoms with E-state index in [2.05, 4.69) is 15.5 Å². The summed E-state index contributed by atoms with van der Waals surface area (Å²) in [5, 5.41) is 18.7. The number of hydrogen-bond donors (Lipinski definition) is 3. The van der Waals surface area contributed by atoms with Crippen molar-refractivity contribution in [1.82, 2.24) is 10.2 Å². The summed E-state index contributed by atoms with van der Waals surface area (Å²) < 4.78 is 13.2. The average molecular weight is 293 g/mol. The first-order valence-corrected chi connectivity index (χ1v) is 5.49. The van der Waals surface area contributed by atoms with Gasteiger partial charge in [0.25, 0.3) is 17.2 Å². The highest BCUT2D eigenvalue weighted by molar-refractivity contribution is 6.07. The van der Waals surface area contributed by atoms with Gasteiger partial charge in [0.05, 0.1) is 16.7 Å². The number of rotatable bonds is 3. The van der Waals surface area contributed by atoms with Crippen LogP contribution in [0, 0.1) is 15.9 Å². The van der Waals surface area contributed by atoms with E-state index in [9.17, 15) is 24.1 Å². The number of halogens is 1. The lowest BCUT2D eigenvalue weighted by Gasteiger charge is -2.06. The van der Waals surface area contributed by atoms with Crippen molar-refractivity contribution < 1.29 is 14.1 Å². The minimum Gasteiger partial charge on any atom is -0.396 e. The molecule has 108 valence electrons. The summed E-state index contributed by atoms with van der Waals surface area (Å²) in [5.41, 5.74) is 3.26. The molecular weight excluding hydrogens is 285 g/mol. The molecule has 1 heterocycles. The molecule has 0 radical (unpaired) electrons. The van der Waals surface area contributed by atoms with E-state index in [1.165, 1.54) is 6.07 Å². The maximum Gasteiger partial charge on any atom is 0.285 e. The summed E-state index contributed by atoms with van der Waals surface area (Å²) in [6.45, 7) is 0. The van der Waals surface area contributed by atoms with Crippen molar-refractivity contribution in [2.24, 2.45) is 0 Å². The summed E-state index contributed by atoms with van der Waals surface area (Å²) in [5.74, 6) is -1.94. The number of nitro benzene ring substituents is 1. The number of aromatic nitrogens is 2. The molecule has 0 saturated carbocycles. The van der Waals surface area contributed by atoms with Gasteiger partial charge in [-0.25, -0.2) is 9.49 Å². The first-order chi connectivity index (χ1) is 9.88. The van der Waals surface area contributed by atoms with E-state index in [1.807, 2.05) is 0 Å². The Balaban J connectivity index is 2.38. The SMILES string of the molecule is Nc1cc(C(=O)Nc2ccc(=O)[nH]n2)c([N+](=O)[O-])cc1F. The molecule has 1 aromatic heterocycles. The van der Waals surface area contributed by atoms with Gasteiger partial charge in [0.15, 0.2) is 11.6 Å². The van der Waals surface area contributed by atoms with Gasteiger partial charge in [-0.05, 0) is 12.1 Å². The highest BCUT2D eigenvalue weighted by Gasteiger charge is 2.23. The number of anilines is 2. The van der Waals surface area contributed by atoms with Crippen molar-refractivity contribution in [1.29, 1.82) is 0 Å². The predicted octanol–water partition coefficient (Wildman–Crippen LogP) is 0.652. The molecule has 21 heavy (non-hydrogen) atoms. The quantitative estimate of drug-likeness (QED) is 0.430. The minimum atomic E-state index is -1.000. The third-order valence-corrected chi connectivity index (χ3v) is 2.48. The Kier molecular flexibility index (Phi) is 3.61. The van der Waals surface area contributed by atoms with Crippen LogP contribution in [0.3, 0.4) is 0 Å². The summed E-state index contributed by atoms with van der Waals surface area (Å²) in [6.07, 6.45) is 0. The van der Waals surface area contributed by atoms with Gasteiger partial charge in [-0.1, -0.05) is 0 Å². The second-order valence-electron chi connectivity index (χ2n) is 3.91. The van der Waals surface area contributed by atoms with Crippen molar-refractivity contribution in [2.45, 2.75) is 0 Å². The molecule has 0 atom stereocenters. The van der Waals surface area contributed by atoms with E-state index in [4.69, 9.17) is 5.73 Å².